The summed E-state index contributed by atoms with van der Waals surface area (Å²) in [5.41, 5.74) is 3.93. The zero-order valence-electron chi connectivity index (χ0n) is 23.0. The van der Waals surface area contributed by atoms with E-state index < -0.39 is 6.04 Å². The van der Waals surface area contributed by atoms with Gasteiger partial charge in [0.25, 0.3) is 5.91 Å². The van der Waals surface area contributed by atoms with Crippen molar-refractivity contribution in [2.75, 3.05) is 39.2 Å². The standard InChI is InChI=1S/C31H37N3O5/c1-21-17-34(22(2)19-35)30(36)28-15-8-7-14-27(28)26-13-6-5-10-23(26)20-39-29(21)18-33(3)31(37)32-24-11-9-12-25(16-24)38-4/h5-16,21-22,29,35H,17-20H2,1-4H3,(H,32,37)/t21-,22-,29-/m1/s1. The topological polar surface area (TPSA) is 91.3 Å². The molecular weight excluding hydrogens is 494 g/mol. The summed E-state index contributed by atoms with van der Waals surface area (Å²) in [4.78, 5) is 30.3. The van der Waals surface area contributed by atoms with E-state index in [4.69, 9.17) is 9.47 Å². The van der Waals surface area contributed by atoms with E-state index in [0.717, 1.165) is 16.7 Å². The van der Waals surface area contributed by atoms with Gasteiger partial charge in [0.2, 0.25) is 0 Å². The van der Waals surface area contributed by atoms with Gasteiger partial charge in [0, 0.05) is 43.4 Å². The average molecular weight is 532 g/mol. The van der Waals surface area contributed by atoms with Crippen LogP contribution in [0.15, 0.2) is 72.8 Å². The highest BCUT2D eigenvalue weighted by molar-refractivity contribution is 6.01. The summed E-state index contributed by atoms with van der Waals surface area (Å²) in [6, 6.07) is 22.0. The third-order valence-electron chi connectivity index (χ3n) is 7.22. The summed E-state index contributed by atoms with van der Waals surface area (Å²) in [5, 5.41) is 12.9. The van der Waals surface area contributed by atoms with Crippen molar-refractivity contribution in [1.82, 2.24) is 9.80 Å². The van der Waals surface area contributed by atoms with Crippen LogP contribution in [-0.2, 0) is 11.3 Å². The number of amides is 3. The Kier molecular flexibility index (Phi) is 9.22. The number of fused-ring (bicyclic) bond motifs is 3. The first-order valence-electron chi connectivity index (χ1n) is 13.2. The van der Waals surface area contributed by atoms with Crippen LogP contribution in [0.2, 0.25) is 0 Å². The third-order valence-corrected chi connectivity index (χ3v) is 7.22. The number of benzene rings is 3. The Labute approximate surface area is 230 Å². The van der Waals surface area contributed by atoms with E-state index >= 15 is 0 Å². The summed E-state index contributed by atoms with van der Waals surface area (Å²) in [5.74, 6) is 0.379. The van der Waals surface area contributed by atoms with Crippen molar-refractivity contribution in [3.05, 3.63) is 83.9 Å². The quantitative estimate of drug-likeness (QED) is 0.473. The predicted octanol–water partition coefficient (Wildman–Crippen LogP) is 4.88. The average Bonchev–Trinajstić information content (AvgIpc) is 2.98. The minimum absolute atomic E-state index is 0.132. The molecule has 3 aromatic rings. The number of aliphatic hydroxyl groups excluding tert-OH is 1. The number of likely N-dealkylation sites (N-methyl/N-ethyl adjacent to an activating group) is 1. The van der Waals surface area contributed by atoms with Gasteiger partial charge < -0.3 is 29.7 Å². The van der Waals surface area contributed by atoms with E-state index in [2.05, 4.69) is 5.32 Å². The molecule has 0 radical (unpaired) electrons. The number of nitrogens with zero attached hydrogens (tertiary/aromatic N) is 2. The van der Waals surface area contributed by atoms with Crippen molar-refractivity contribution in [3.63, 3.8) is 0 Å². The predicted molar refractivity (Wildman–Crippen MR) is 152 cm³/mol. The zero-order chi connectivity index (χ0) is 27.9. The molecule has 0 aromatic heterocycles. The van der Waals surface area contributed by atoms with Gasteiger partial charge in [-0.05, 0) is 41.8 Å². The maximum Gasteiger partial charge on any atom is 0.321 e. The Bertz CT molecular complexity index is 1300. The van der Waals surface area contributed by atoms with Crippen LogP contribution < -0.4 is 10.1 Å². The molecule has 1 aliphatic heterocycles. The summed E-state index contributed by atoms with van der Waals surface area (Å²) in [6.45, 7) is 4.69. The van der Waals surface area contributed by atoms with Crippen LogP contribution in [0.1, 0.15) is 29.8 Å². The van der Waals surface area contributed by atoms with Crippen LogP contribution >= 0.6 is 0 Å². The normalized spacial score (nSPS) is 18.3. The number of hydrogen-bond donors (Lipinski definition) is 2. The highest BCUT2D eigenvalue weighted by Gasteiger charge is 2.31. The van der Waals surface area contributed by atoms with Gasteiger partial charge in [-0.15, -0.1) is 0 Å². The number of nitrogens with one attached hydrogen (secondary N) is 1. The minimum Gasteiger partial charge on any atom is -0.497 e. The lowest BCUT2D eigenvalue weighted by molar-refractivity contribution is -0.0178. The number of ether oxygens (including phenoxy) is 2. The second-order valence-electron chi connectivity index (χ2n) is 10.1. The summed E-state index contributed by atoms with van der Waals surface area (Å²) < 4.78 is 11.7. The number of aliphatic hydroxyl groups is 1. The summed E-state index contributed by atoms with van der Waals surface area (Å²) in [7, 11) is 3.30. The molecule has 0 unspecified atom stereocenters. The molecule has 39 heavy (non-hydrogen) atoms. The monoisotopic (exact) mass is 531 g/mol. The van der Waals surface area contributed by atoms with E-state index in [0.29, 0.717) is 36.7 Å². The number of rotatable bonds is 6. The molecule has 0 spiro atoms. The molecule has 3 aromatic carbocycles. The smallest absolute Gasteiger partial charge is 0.321 e. The highest BCUT2D eigenvalue weighted by atomic mass is 16.5. The fourth-order valence-corrected chi connectivity index (χ4v) is 4.82. The molecule has 0 saturated heterocycles. The van der Waals surface area contributed by atoms with Gasteiger partial charge in [-0.3, -0.25) is 4.79 Å². The molecule has 0 saturated carbocycles. The second-order valence-corrected chi connectivity index (χ2v) is 10.1. The SMILES string of the molecule is COc1cccc(NC(=O)N(C)C[C@H]2OCc3ccccc3-c3ccccc3C(=O)N([C@H](C)CO)C[C@H]2C)c1. The van der Waals surface area contributed by atoms with Crippen LogP contribution in [0, 0.1) is 5.92 Å². The van der Waals surface area contributed by atoms with Crippen LogP contribution in [0.4, 0.5) is 10.5 Å². The lowest BCUT2D eigenvalue weighted by Crippen LogP contribution is -2.48. The summed E-state index contributed by atoms with van der Waals surface area (Å²) in [6.07, 6.45) is -0.374. The number of carbonyl (C=O) groups excluding carboxylic acids is 2. The van der Waals surface area contributed by atoms with Crippen LogP contribution in [0.3, 0.4) is 0 Å². The van der Waals surface area contributed by atoms with E-state index in [1.807, 2.05) is 74.5 Å². The summed E-state index contributed by atoms with van der Waals surface area (Å²) >= 11 is 0. The fourth-order valence-electron chi connectivity index (χ4n) is 4.82. The molecule has 0 aliphatic carbocycles. The van der Waals surface area contributed by atoms with Crippen LogP contribution in [0.25, 0.3) is 11.1 Å². The van der Waals surface area contributed by atoms with Crippen LogP contribution in [0.5, 0.6) is 5.75 Å². The van der Waals surface area contributed by atoms with Gasteiger partial charge in [0.05, 0.1) is 32.5 Å². The molecule has 206 valence electrons. The Morgan fingerprint density at radius 2 is 1.79 bits per heavy atom. The van der Waals surface area contributed by atoms with Crippen molar-refractivity contribution in [1.29, 1.82) is 0 Å². The molecule has 0 fully saturated rings. The van der Waals surface area contributed by atoms with Crippen molar-refractivity contribution < 1.29 is 24.2 Å². The van der Waals surface area contributed by atoms with Gasteiger partial charge in [-0.25, -0.2) is 4.79 Å². The minimum atomic E-state index is -0.390. The Balaban J connectivity index is 1.63. The van der Waals surface area contributed by atoms with Gasteiger partial charge in [0.1, 0.15) is 5.75 Å². The first-order valence-corrected chi connectivity index (χ1v) is 13.2. The molecule has 2 N–H and O–H groups in total. The number of methoxy groups -OCH3 is 1. The first-order chi connectivity index (χ1) is 18.8. The molecule has 1 aliphatic rings. The lowest BCUT2D eigenvalue weighted by atomic mass is 9.94. The van der Waals surface area contributed by atoms with Gasteiger partial charge >= 0.3 is 6.03 Å². The Morgan fingerprint density at radius 3 is 2.51 bits per heavy atom. The molecule has 3 amide bonds. The van der Waals surface area contributed by atoms with E-state index in [9.17, 15) is 14.7 Å². The number of hydrogen-bond acceptors (Lipinski definition) is 5. The molecule has 8 heteroatoms. The lowest BCUT2D eigenvalue weighted by Gasteiger charge is -2.35. The fraction of sp³-hybridized carbons (Fsp3) is 0.355. The van der Waals surface area contributed by atoms with Gasteiger partial charge in [0.15, 0.2) is 0 Å². The van der Waals surface area contributed by atoms with Crippen molar-refractivity contribution in [2.45, 2.75) is 32.6 Å². The molecule has 8 nitrogen and oxygen atoms in total. The largest absolute Gasteiger partial charge is 0.497 e. The maximum atomic E-state index is 13.9. The molecule has 4 rings (SSSR count). The first kappa shape index (κ1) is 28.1. The Morgan fingerprint density at radius 1 is 1.10 bits per heavy atom. The van der Waals surface area contributed by atoms with Crippen molar-refractivity contribution in [3.8, 4) is 16.9 Å². The number of anilines is 1. The van der Waals surface area contributed by atoms with E-state index in [1.165, 1.54) is 0 Å². The highest BCUT2D eigenvalue weighted by Crippen LogP contribution is 2.31. The van der Waals surface area contributed by atoms with E-state index in [-0.39, 0.29) is 30.6 Å². The molecule has 0 bridgehead atoms. The van der Waals surface area contributed by atoms with Gasteiger partial charge in [-0.1, -0.05) is 55.5 Å². The van der Waals surface area contributed by atoms with Crippen LogP contribution in [-0.4, -0.2) is 72.8 Å². The molecular formula is C31H37N3O5. The molecule has 1 heterocycles. The van der Waals surface area contributed by atoms with Crippen molar-refractivity contribution in [2.24, 2.45) is 5.92 Å². The zero-order valence-corrected chi connectivity index (χ0v) is 23.0. The second kappa shape index (κ2) is 12.8. The maximum absolute atomic E-state index is 13.9. The Hall–Kier alpha value is -3.88. The number of carbonyl (C=O) groups is 2. The number of urea groups is 1. The molecule has 3 atom stereocenters. The van der Waals surface area contributed by atoms with Gasteiger partial charge in [-0.2, -0.15) is 0 Å². The third kappa shape index (κ3) is 6.58. The van der Waals surface area contributed by atoms with E-state index in [1.54, 1.807) is 36.1 Å². The van der Waals surface area contributed by atoms with Crippen molar-refractivity contribution >= 4 is 17.6 Å².